The zero-order chi connectivity index (χ0) is 12.7. The maximum atomic E-state index is 5.79. The van der Waals surface area contributed by atoms with E-state index in [4.69, 9.17) is 10.5 Å². The van der Waals surface area contributed by atoms with Crippen LogP contribution in [0.3, 0.4) is 0 Å². The molecule has 0 aliphatic heterocycles. The number of ether oxygens (including phenoxy) is 1. The summed E-state index contributed by atoms with van der Waals surface area (Å²) in [5, 5.41) is 0. The first-order chi connectivity index (χ1) is 8.17. The van der Waals surface area contributed by atoms with Crippen molar-refractivity contribution < 1.29 is 4.74 Å². The molecule has 1 atom stereocenters. The first-order valence-corrected chi connectivity index (χ1v) is 6.24. The fraction of sp³-hybridized carbons (Fsp3) is 0.571. The Hall–Kier alpha value is -1.06. The van der Waals surface area contributed by atoms with Crippen LogP contribution in [0.1, 0.15) is 25.8 Å². The van der Waals surface area contributed by atoms with Crippen molar-refractivity contribution in [1.29, 1.82) is 0 Å². The van der Waals surface area contributed by atoms with Gasteiger partial charge in [-0.25, -0.2) is 0 Å². The van der Waals surface area contributed by atoms with Crippen molar-refractivity contribution in [3.63, 3.8) is 0 Å². The molecule has 0 radical (unpaired) electrons. The van der Waals surface area contributed by atoms with Crippen LogP contribution < -0.4 is 5.73 Å². The van der Waals surface area contributed by atoms with Crippen LogP contribution >= 0.6 is 0 Å². The molecule has 0 saturated carbocycles. The predicted octanol–water partition coefficient (Wildman–Crippen LogP) is 2.52. The molecule has 0 bridgehead atoms. The second-order valence-corrected chi connectivity index (χ2v) is 4.44. The third-order valence-corrected chi connectivity index (χ3v) is 3.11. The Kier molecular flexibility index (Phi) is 6.01. The van der Waals surface area contributed by atoms with Crippen LogP contribution in [-0.2, 0) is 11.3 Å². The van der Waals surface area contributed by atoms with Crippen LogP contribution in [0.25, 0.3) is 0 Å². The smallest absolute Gasteiger partial charge is 0.0477 e. The summed E-state index contributed by atoms with van der Waals surface area (Å²) in [5.74, 6) is 0. The minimum atomic E-state index is 0.529. The van der Waals surface area contributed by atoms with Gasteiger partial charge >= 0.3 is 0 Å². The molecule has 0 fully saturated rings. The van der Waals surface area contributed by atoms with Gasteiger partial charge in [0.15, 0.2) is 0 Å². The highest BCUT2D eigenvalue weighted by atomic mass is 16.5. The molecule has 0 heterocycles. The van der Waals surface area contributed by atoms with E-state index in [1.54, 1.807) is 7.11 Å². The lowest BCUT2D eigenvalue weighted by Crippen LogP contribution is -2.33. The molecule has 0 spiro atoms. The highest BCUT2D eigenvalue weighted by Gasteiger charge is 2.12. The zero-order valence-corrected chi connectivity index (χ0v) is 11.1. The summed E-state index contributed by atoms with van der Waals surface area (Å²) in [7, 11) is 1.75. The Labute approximate surface area is 105 Å². The molecule has 1 unspecified atom stereocenters. The lowest BCUT2D eigenvalue weighted by Gasteiger charge is -2.27. The van der Waals surface area contributed by atoms with E-state index in [0.717, 1.165) is 31.8 Å². The summed E-state index contributed by atoms with van der Waals surface area (Å²) in [4.78, 5) is 2.44. The Morgan fingerprint density at radius 3 is 2.76 bits per heavy atom. The first kappa shape index (κ1) is 14.0. The third-order valence-electron chi connectivity index (χ3n) is 3.11. The van der Waals surface area contributed by atoms with E-state index >= 15 is 0 Å². The summed E-state index contributed by atoms with van der Waals surface area (Å²) in [6, 6.07) is 8.64. The van der Waals surface area contributed by atoms with Crippen LogP contribution in [-0.4, -0.2) is 31.2 Å². The second kappa shape index (κ2) is 7.30. The van der Waals surface area contributed by atoms with Crippen molar-refractivity contribution in [3.8, 4) is 0 Å². The molecule has 1 rings (SSSR count). The van der Waals surface area contributed by atoms with Gasteiger partial charge in [-0.1, -0.05) is 19.1 Å². The molecule has 0 aromatic heterocycles. The highest BCUT2D eigenvalue weighted by Crippen LogP contribution is 2.13. The maximum absolute atomic E-state index is 5.79. The van der Waals surface area contributed by atoms with E-state index in [-0.39, 0.29) is 0 Å². The average molecular weight is 236 g/mol. The summed E-state index contributed by atoms with van der Waals surface area (Å²) in [6.45, 7) is 7.24. The third kappa shape index (κ3) is 4.75. The minimum absolute atomic E-state index is 0.529. The number of anilines is 1. The standard InChI is InChI=1S/C14H24N2O/c1-4-16(12(2)8-9-17-3)11-13-6-5-7-14(15)10-13/h5-7,10,12H,4,8-9,11,15H2,1-3H3. The quantitative estimate of drug-likeness (QED) is 0.739. The van der Waals surface area contributed by atoms with E-state index in [9.17, 15) is 0 Å². The molecule has 17 heavy (non-hydrogen) atoms. The van der Waals surface area contributed by atoms with Gasteiger partial charge in [0.2, 0.25) is 0 Å². The van der Waals surface area contributed by atoms with Crippen LogP contribution in [0.15, 0.2) is 24.3 Å². The summed E-state index contributed by atoms with van der Waals surface area (Å²) < 4.78 is 5.13. The minimum Gasteiger partial charge on any atom is -0.399 e. The van der Waals surface area contributed by atoms with Crippen LogP contribution in [0.5, 0.6) is 0 Å². The number of nitrogen functional groups attached to an aromatic ring is 1. The molecule has 0 aliphatic carbocycles. The predicted molar refractivity (Wildman–Crippen MR) is 72.9 cm³/mol. The fourth-order valence-corrected chi connectivity index (χ4v) is 1.98. The van der Waals surface area contributed by atoms with E-state index < -0.39 is 0 Å². The Morgan fingerprint density at radius 2 is 2.18 bits per heavy atom. The van der Waals surface area contributed by atoms with E-state index in [0.29, 0.717) is 6.04 Å². The molecule has 2 N–H and O–H groups in total. The van der Waals surface area contributed by atoms with Crippen molar-refractivity contribution in [1.82, 2.24) is 4.90 Å². The van der Waals surface area contributed by atoms with Crippen molar-refractivity contribution in [3.05, 3.63) is 29.8 Å². The fourth-order valence-electron chi connectivity index (χ4n) is 1.98. The summed E-state index contributed by atoms with van der Waals surface area (Å²) in [5.41, 5.74) is 7.90. The van der Waals surface area contributed by atoms with Crippen LogP contribution in [0.2, 0.25) is 0 Å². The monoisotopic (exact) mass is 236 g/mol. The topological polar surface area (TPSA) is 38.5 Å². The SMILES string of the molecule is CCN(Cc1cccc(N)c1)C(C)CCOC. The molecule has 1 aromatic rings. The van der Waals surface area contributed by atoms with Gasteiger partial charge in [0, 0.05) is 32.0 Å². The van der Waals surface area contributed by atoms with Crippen molar-refractivity contribution in [2.24, 2.45) is 0 Å². The van der Waals surface area contributed by atoms with Gasteiger partial charge < -0.3 is 10.5 Å². The largest absolute Gasteiger partial charge is 0.399 e. The first-order valence-electron chi connectivity index (χ1n) is 6.24. The Bertz CT molecular complexity index is 328. The second-order valence-electron chi connectivity index (χ2n) is 4.44. The molecular formula is C14H24N2O. The average Bonchev–Trinajstić information content (AvgIpc) is 2.33. The van der Waals surface area contributed by atoms with Gasteiger partial charge in [-0.2, -0.15) is 0 Å². The van der Waals surface area contributed by atoms with Crippen LogP contribution in [0.4, 0.5) is 5.69 Å². The number of methoxy groups -OCH3 is 1. The molecule has 96 valence electrons. The highest BCUT2D eigenvalue weighted by molar-refractivity contribution is 5.40. The number of nitrogens with zero attached hydrogens (tertiary/aromatic N) is 1. The van der Waals surface area contributed by atoms with Crippen molar-refractivity contribution in [2.45, 2.75) is 32.9 Å². The lowest BCUT2D eigenvalue weighted by molar-refractivity contribution is 0.137. The molecule has 0 amide bonds. The van der Waals surface area contributed by atoms with E-state index in [1.165, 1.54) is 5.56 Å². The zero-order valence-electron chi connectivity index (χ0n) is 11.1. The number of benzene rings is 1. The van der Waals surface area contributed by atoms with E-state index in [1.807, 2.05) is 18.2 Å². The normalized spacial score (nSPS) is 12.9. The lowest BCUT2D eigenvalue weighted by atomic mass is 10.1. The molecule has 3 nitrogen and oxygen atoms in total. The van der Waals surface area contributed by atoms with Crippen molar-refractivity contribution >= 4 is 5.69 Å². The molecule has 0 saturated heterocycles. The van der Waals surface area contributed by atoms with E-state index in [2.05, 4.69) is 24.8 Å². The summed E-state index contributed by atoms with van der Waals surface area (Å²) in [6.07, 6.45) is 1.06. The van der Waals surface area contributed by atoms with Crippen molar-refractivity contribution in [2.75, 3.05) is 26.0 Å². The van der Waals surface area contributed by atoms with Gasteiger partial charge in [-0.3, -0.25) is 4.90 Å². The van der Waals surface area contributed by atoms with Gasteiger partial charge in [0.1, 0.15) is 0 Å². The molecular weight excluding hydrogens is 212 g/mol. The molecule has 0 aliphatic rings. The number of hydrogen-bond donors (Lipinski definition) is 1. The van der Waals surface area contributed by atoms with Gasteiger partial charge in [0.25, 0.3) is 0 Å². The Balaban J connectivity index is 2.56. The number of hydrogen-bond acceptors (Lipinski definition) is 3. The number of rotatable bonds is 7. The maximum Gasteiger partial charge on any atom is 0.0477 e. The summed E-state index contributed by atoms with van der Waals surface area (Å²) >= 11 is 0. The molecule has 3 heteroatoms. The Morgan fingerprint density at radius 1 is 1.41 bits per heavy atom. The van der Waals surface area contributed by atoms with Gasteiger partial charge in [-0.15, -0.1) is 0 Å². The number of nitrogens with two attached hydrogens (primary N) is 1. The van der Waals surface area contributed by atoms with Gasteiger partial charge in [-0.05, 0) is 37.6 Å². The van der Waals surface area contributed by atoms with Gasteiger partial charge in [0.05, 0.1) is 0 Å². The van der Waals surface area contributed by atoms with Crippen LogP contribution in [0, 0.1) is 0 Å². The molecule has 1 aromatic carbocycles.